The van der Waals surface area contributed by atoms with E-state index in [1.165, 1.54) is 0 Å². The van der Waals surface area contributed by atoms with Crippen LogP contribution in [0.3, 0.4) is 0 Å². The molecule has 3 aliphatic rings. The summed E-state index contributed by atoms with van der Waals surface area (Å²) < 4.78 is 11.4. The Labute approximate surface area is 106 Å². The van der Waals surface area contributed by atoms with Gasteiger partial charge in [-0.05, 0) is 6.42 Å². The molecule has 2 aliphatic heterocycles. The molecule has 0 aromatic heterocycles. The lowest BCUT2D eigenvalue weighted by atomic mass is 10.1. The van der Waals surface area contributed by atoms with Crippen LogP contribution in [0.2, 0.25) is 0 Å². The number of fused-ring (bicyclic) bond motifs is 1. The number of rotatable bonds is 1. The smallest absolute Gasteiger partial charge is 0.254 e. The monoisotopic (exact) mass is 251 g/mol. The first-order chi connectivity index (χ1) is 8.74. The molecule has 5 nitrogen and oxygen atoms in total. The number of hydrogen-bond acceptors (Lipinski definition) is 4. The molecule has 3 rings (SSSR count). The van der Waals surface area contributed by atoms with Crippen LogP contribution < -0.4 is 0 Å². The molecule has 1 aliphatic carbocycles. The van der Waals surface area contributed by atoms with Gasteiger partial charge in [-0.25, -0.2) is 0 Å². The summed E-state index contributed by atoms with van der Waals surface area (Å²) in [6, 6.07) is 0. The van der Waals surface area contributed by atoms with Gasteiger partial charge in [0, 0.05) is 13.1 Å². The molecule has 0 radical (unpaired) electrons. The van der Waals surface area contributed by atoms with Crippen molar-refractivity contribution in [2.24, 2.45) is 0 Å². The van der Waals surface area contributed by atoms with E-state index >= 15 is 0 Å². The summed E-state index contributed by atoms with van der Waals surface area (Å²) in [5.74, 6) is -0.0760. The molecule has 98 valence electrons. The lowest BCUT2D eigenvalue weighted by Crippen LogP contribution is -2.50. The van der Waals surface area contributed by atoms with Gasteiger partial charge in [-0.3, -0.25) is 4.79 Å². The van der Waals surface area contributed by atoms with Crippen molar-refractivity contribution in [2.75, 3.05) is 19.7 Å². The Kier molecular flexibility index (Phi) is 3.20. The zero-order valence-electron chi connectivity index (χ0n) is 10.1. The summed E-state index contributed by atoms with van der Waals surface area (Å²) in [5.41, 5.74) is 0. The van der Waals surface area contributed by atoms with Gasteiger partial charge in [-0.15, -0.1) is 0 Å². The highest BCUT2D eigenvalue weighted by atomic mass is 16.6. The highest BCUT2D eigenvalue weighted by molar-refractivity contribution is 5.81. The van der Waals surface area contributed by atoms with Gasteiger partial charge in [0.05, 0.1) is 12.7 Å². The van der Waals surface area contributed by atoms with Crippen LogP contribution in [-0.2, 0) is 14.3 Å². The van der Waals surface area contributed by atoms with Crippen molar-refractivity contribution in [1.82, 2.24) is 4.90 Å². The third-order valence-electron chi connectivity index (χ3n) is 3.55. The molecular weight excluding hydrogens is 234 g/mol. The van der Waals surface area contributed by atoms with Crippen LogP contribution in [0.5, 0.6) is 0 Å². The first-order valence-electron chi connectivity index (χ1n) is 6.33. The number of hydrogen-bond donors (Lipinski definition) is 1. The number of likely N-dealkylation sites (tertiary alicyclic amines) is 1. The summed E-state index contributed by atoms with van der Waals surface area (Å²) in [4.78, 5) is 13.8. The number of ether oxygens (including phenoxy) is 2. The van der Waals surface area contributed by atoms with Crippen molar-refractivity contribution in [3.8, 4) is 0 Å². The predicted molar refractivity (Wildman–Crippen MR) is 63.9 cm³/mol. The third kappa shape index (κ3) is 2.21. The summed E-state index contributed by atoms with van der Waals surface area (Å²) >= 11 is 0. The van der Waals surface area contributed by atoms with Crippen LogP contribution in [0.15, 0.2) is 24.3 Å². The molecule has 2 fully saturated rings. The minimum absolute atomic E-state index is 0.0760. The first-order valence-corrected chi connectivity index (χ1v) is 6.33. The number of carbonyl (C=O) groups is 1. The molecule has 0 aromatic rings. The number of aliphatic hydroxyl groups excluding tert-OH is 1. The van der Waals surface area contributed by atoms with Gasteiger partial charge in [-0.2, -0.15) is 0 Å². The first kappa shape index (κ1) is 11.9. The predicted octanol–water partition coefficient (Wildman–Crippen LogP) is -0.142. The second kappa shape index (κ2) is 4.84. The van der Waals surface area contributed by atoms with Gasteiger partial charge in [0.2, 0.25) is 0 Å². The van der Waals surface area contributed by atoms with E-state index in [1.807, 2.05) is 24.3 Å². The molecule has 0 aromatic carbocycles. The van der Waals surface area contributed by atoms with E-state index in [-0.39, 0.29) is 24.7 Å². The molecule has 2 saturated heterocycles. The Bertz CT molecular complexity index is 392. The van der Waals surface area contributed by atoms with Crippen molar-refractivity contribution in [1.29, 1.82) is 0 Å². The van der Waals surface area contributed by atoms with Crippen molar-refractivity contribution in [2.45, 2.75) is 30.8 Å². The minimum atomic E-state index is -0.548. The van der Waals surface area contributed by atoms with E-state index in [2.05, 4.69) is 0 Å². The number of β-amino-alcohol motifs (C(OH)–C–C–N with tert-alkyl or cyclic N) is 1. The Hall–Kier alpha value is -1.17. The quantitative estimate of drug-likeness (QED) is 0.704. The maximum absolute atomic E-state index is 12.2. The van der Waals surface area contributed by atoms with E-state index in [1.54, 1.807) is 4.90 Å². The summed E-state index contributed by atoms with van der Waals surface area (Å²) in [6.07, 6.45) is 7.10. The molecular formula is C13H17NO4. The van der Waals surface area contributed by atoms with Crippen molar-refractivity contribution in [3.05, 3.63) is 24.3 Å². The van der Waals surface area contributed by atoms with Gasteiger partial charge in [0.15, 0.2) is 6.10 Å². The molecule has 0 saturated carbocycles. The lowest BCUT2D eigenvalue weighted by molar-refractivity contribution is -0.176. The van der Waals surface area contributed by atoms with Gasteiger partial charge in [0.1, 0.15) is 12.2 Å². The molecule has 0 bridgehead atoms. The molecule has 5 heteroatoms. The Morgan fingerprint density at radius 1 is 1.28 bits per heavy atom. The molecule has 3 unspecified atom stereocenters. The maximum atomic E-state index is 12.2. The second-order valence-electron chi connectivity index (χ2n) is 4.88. The van der Waals surface area contributed by atoms with E-state index in [4.69, 9.17) is 9.47 Å². The van der Waals surface area contributed by atoms with Gasteiger partial charge in [-0.1, -0.05) is 24.3 Å². The Balaban J connectivity index is 1.62. The van der Waals surface area contributed by atoms with Crippen LogP contribution in [-0.4, -0.2) is 60.0 Å². The number of aliphatic hydroxyl groups is 1. The van der Waals surface area contributed by atoms with Crippen molar-refractivity contribution < 1.29 is 19.4 Å². The van der Waals surface area contributed by atoms with Gasteiger partial charge >= 0.3 is 0 Å². The fourth-order valence-corrected chi connectivity index (χ4v) is 2.54. The van der Waals surface area contributed by atoms with Crippen LogP contribution in [0.1, 0.15) is 6.42 Å². The van der Waals surface area contributed by atoms with E-state index in [9.17, 15) is 9.90 Å². The summed E-state index contributed by atoms with van der Waals surface area (Å²) in [5, 5.41) is 9.45. The van der Waals surface area contributed by atoms with Crippen molar-refractivity contribution >= 4 is 5.91 Å². The normalized spacial score (nSPS) is 38.8. The second-order valence-corrected chi connectivity index (χ2v) is 4.88. The van der Waals surface area contributed by atoms with Gasteiger partial charge in [0.25, 0.3) is 5.91 Å². The summed E-state index contributed by atoms with van der Waals surface area (Å²) in [7, 11) is 0. The number of carbonyl (C=O) groups excluding carboxylic acids is 1. The fraction of sp³-hybridized carbons (Fsp3) is 0.615. The van der Waals surface area contributed by atoms with Crippen LogP contribution in [0, 0.1) is 0 Å². The standard InChI is InChI=1S/C13H17NO4/c15-9-5-6-14(7-9)13(16)12-8-17-10-3-1-2-4-11(10)18-12/h1-4,9-12,15H,5-8H2/t9-,10?,11?,12?/m0/s1. The molecule has 2 heterocycles. The number of amides is 1. The van der Waals surface area contributed by atoms with E-state index in [0.717, 1.165) is 0 Å². The summed E-state index contributed by atoms with van der Waals surface area (Å²) in [6.45, 7) is 1.29. The van der Waals surface area contributed by atoms with Crippen molar-refractivity contribution in [3.63, 3.8) is 0 Å². The Morgan fingerprint density at radius 3 is 2.78 bits per heavy atom. The SMILES string of the molecule is O=C(C1COC2C=CC=CC2O1)N1CC[C@H](O)C1. The average Bonchev–Trinajstić information content (AvgIpc) is 2.84. The zero-order chi connectivity index (χ0) is 12.5. The third-order valence-corrected chi connectivity index (χ3v) is 3.55. The molecule has 0 spiro atoms. The van der Waals surface area contributed by atoms with Crippen LogP contribution in [0.25, 0.3) is 0 Å². The van der Waals surface area contributed by atoms with E-state index < -0.39 is 12.2 Å². The molecule has 4 atom stereocenters. The van der Waals surface area contributed by atoms with Crippen LogP contribution >= 0.6 is 0 Å². The van der Waals surface area contributed by atoms with E-state index in [0.29, 0.717) is 19.5 Å². The molecule has 1 N–H and O–H groups in total. The largest absolute Gasteiger partial charge is 0.391 e. The zero-order valence-corrected chi connectivity index (χ0v) is 10.1. The Morgan fingerprint density at radius 2 is 2.06 bits per heavy atom. The fourth-order valence-electron chi connectivity index (χ4n) is 2.54. The van der Waals surface area contributed by atoms with Gasteiger partial charge < -0.3 is 19.5 Å². The molecule has 18 heavy (non-hydrogen) atoms. The average molecular weight is 251 g/mol. The molecule has 1 amide bonds. The maximum Gasteiger partial charge on any atom is 0.254 e. The lowest BCUT2D eigenvalue weighted by Gasteiger charge is -2.35. The topological polar surface area (TPSA) is 59.0 Å². The highest BCUT2D eigenvalue weighted by Gasteiger charge is 2.37. The highest BCUT2D eigenvalue weighted by Crippen LogP contribution is 2.22. The van der Waals surface area contributed by atoms with Crippen LogP contribution in [0.4, 0.5) is 0 Å². The number of allylic oxidation sites excluding steroid dienone is 2. The minimum Gasteiger partial charge on any atom is -0.391 e. The number of nitrogens with zero attached hydrogens (tertiary/aromatic N) is 1.